The molecule has 1 aromatic heterocycles. The van der Waals surface area contributed by atoms with Crippen LogP contribution in [0.1, 0.15) is 5.56 Å². The fourth-order valence-electron chi connectivity index (χ4n) is 1.56. The molecule has 0 spiro atoms. The third-order valence-corrected chi connectivity index (χ3v) is 2.61. The summed E-state index contributed by atoms with van der Waals surface area (Å²) in [6, 6.07) is 8.05. The molecule has 2 aromatic rings. The summed E-state index contributed by atoms with van der Waals surface area (Å²) in [5.74, 6) is 5.93. The van der Waals surface area contributed by atoms with Crippen LogP contribution in [0.2, 0.25) is 5.02 Å². The van der Waals surface area contributed by atoms with Gasteiger partial charge in [0.25, 0.3) is 0 Å². The topological polar surface area (TPSA) is 63.0 Å². The highest BCUT2D eigenvalue weighted by Crippen LogP contribution is 2.33. The SMILES string of the molecule is NNc1cccc(Nc2cc(Cl)cc(C(F)(F)F)c2)n1. The van der Waals surface area contributed by atoms with Gasteiger partial charge in [0, 0.05) is 10.7 Å². The normalized spacial score (nSPS) is 11.2. The van der Waals surface area contributed by atoms with E-state index in [9.17, 15) is 13.2 Å². The lowest BCUT2D eigenvalue weighted by Gasteiger charge is -2.11. The van der Waals surface area contributed by atoms with Crippen LogP contribution in [0.4, 0.5) is 30.5 Å². The van der Waals surface area contributed by atoms with E-state index in [0.29, 0.717) is 11.6 Å². The van der Waals surface area contributed by atoms with E-state index in [1.54, 1.807) is 18.2 Å². The lowest BCUT2D eigenvalue weighted by molar-refractivity contribution is -0.137. The predicted molar refractivity (Wildman–Crippen MR) is 71.8 cm³/mol. The lowest BCUT2D eigenvalue weighted by Crippen LogP contribution is -2.09. The molecular weight excluding hydrogens is 293 g/mol. The summed E-state index contributed by atoms with van der Waals surface area (Å²) in [4.78, 5) is 4.04. The minimum absolute atomic E-state index is 0.0181. The number of nitrogens with one attached hydrogen (secondary N) is 2. The van der Waals surface area contributed by atoms with Crippen molar-refractivity contribution in [2.75, 3.05) is 10.7 Å². The number of alkyl halides is 3. The largest absolute Gasteiger partial charge is 0.416 e. The Bertz CT molecular complexity index is 616. The van der Waals surface area contributed by atoms with E-state index >= 15 is 0 Å². The Kier molecular flexibility index (Phi) is 4.01. The molecule has 0 bridgehead atoms. The molecule has 1 aromatic carbocycles. The molecule has 0 aliphatic carbocycles. The Morgan fingerprint density at radius 1 is 1.10 bits per heavy atom. The van der Waals surface area contributed by atoms with Crippen molar-refractivity contribution in [3.8, 4) is 0 Å². The average molecular weight is 303 g/mol. The van der Waals surface area contributed by atoms with Crippen LogP contribution in [0.5, 0.6) is 0 Å². The molecule has 106 valence electrons. The fourth-order valence-corrected chi connectivity index (χ4v) is 1.79. The number of nitrogens with zero attached hydrogens (tertiary/aromatic N) is 1. The second-order valence-electron chi connectivity index (χ2n) is 3.90. The zero-order valence-electron chi connectivity index (χ0n) is 10.0. The van der Waals surface area contributed by atoms with Crippen molar-refractivity contribution in [2.24, 2.45) is 5.84 Å². The molecule has 4 nitrogen and oxygen atoms in total. The molecule has 0 saturated heterocycles. The quantitative estimate of drug-likeness (QED) is 0.596. The Morgan fingerprint density at radius 2 is 1.80 bits per heavy atom. The van der Waals surface area contributed by atoms with Gasteiger partial charge in [-0.25, -0.2) is 10.8 Å². The van der Waals surface area contributed by atoms with Gasteiger partial charge in [0.1, 0.15) is 11.6 Å². The number of nitrogen functional groups attached to an aromatic ring is 1. The van der Waals surface area contributed by atoms with Gasteiger partial charge in [-0.1, -0.05) is 17.7 Å². The first-order valence-corrected chi connectivity index (χ1v) is 5.85. The molecule has 1 heterocycles. The summed E-state index contributed by atoms with van der Waals surface area (Å²) in [6.45, 7) is 0. The zero-order valence-corrected chi connectivity index (χ0v) is 10.8. The van der Waals surface area contributed by atoms with E-state index in [4.69, 9.17) is 17.4 Å². The van der Waals surface area contributed by atoms with Crippen LogP contribution in [0.3, 0.4) is 0 Å². The first-order chi connectivity index (χ1) is 9.38. The van der Waals surface area contributed by atoms with Crippen molar-refractivity contribution in [1.29, 1.82) is 0 Å². The molecule has 0 unspecified atom stereocenters. The summed E-state index contributed by atoms with van der Waals surface area (Å²) >= 11 is 5.69. The van der Waals surface area contributed by atoms with E-state index < -0.39 is 11.7 Å². The molecule has 8 heteroatoms. The number of rotatable bonds is 3. The Morgan fingerprint density at radius 3 is 2.45 bits per heavy atom. The lowest BCUT2D eigenvalue weighted by atomic mass is 10.2. The van der Waals surface area contributed by atoms with Crippen LogP contribution in [0, 0.1) is 0 Å². The maximum absolute atomic E-state index is 12.7. The maximum atomic E-state index is 12.7. The van der Waals surface area contributed by atoms with Crippen LogP contribution >= 0.6 is 11.6 Å². The molecule has 0 saturated carbocycles. The number of halogens is 4. The highest BCUT2D eigenvalue weighted by molar-refractivity contribution is 6.31. The third-order valence-electron chi connectivity index (χ3n) is 2.39. The number of pyridine rings is 1. The van der Waals surface area contributed by atoms with E-state index in [2.05, 4.69) is 15.7 Å². The molecule has 0 radical (unpaired) electrons. The standard InChI is InChI=1S/C12H10ClF3N4/c13-8-4-7(12(14,15)16)5-9(6-8)18-10-2-1-3-11(19-10)20-17/h1-6H,17H2,(H2,18,19,20). The second kappa shape index (κ2) is 5.56. The van der Waals surface area contributed by atoms with Crippen molar-refractivity contribution >= 4 is 28.9 Å². The van der Waals surface area contributed by atoms with E-state index in [-0.39, 0.29) is 10.7 Å². The molecule has 0 aliphatic rings. The number of nitrogens with two attached hydrogens (primary N) is 1. The van der Waals surface area contributed by atoms with E-state index in [1.165, 1.54) is 6.07 Å². The minimum atomic E-state index is -4.46. The molecular formula is C12H10ClF3N4. The fraction of sp³-hybridized carbons (Fsp3) is 0.0833. The third kappa shape index (κ3) is 3.52. The zero-order chi connectivity index (χ0) is 14.8. The summed E-state index contributed by atoms with van der Waals surface area (Å²) in [7, 11) is 0. The number of anilines is 3. The van der Waals surface area contributed by atoms with Gasteiger partial charge in [0.05, 0.1) is 5.56 Å². The average Bonchev–Trinajstić information content (AvgIpc) is 2.37. The molecule has 0 amide bonds. The summed E-state index contributed by atoms with van der Waals surface area (Å²) in [5, 5.41) is 2.72. The summed E-state index contributed by atoms with van der Waals surface area (Å²) < 4.78 is 38.0. The van der Waals surface area contributed by atoms with Gasteiger partial charge in [0.15, 0.2) is 0 Å². The van der Waals surface area contributed by atoms with Crippen LogP contribution in [0.15, 0.2) is 36.4 Å². The monoisotopic (exact) mass is 302 g/mol. The van der Waals surface area contributed by atoms with Crippen molar-refractivity contribution in [2.45, 2.75) is 6.18 Å². The highest BCUT2D eigenvalue weighted by Gasteiger charge is 2.31. The number of aromatic nitrogens is 1. The van der Waals surface area contributed by atoms with Gasteiger partial charge in [-0.05, 0) is 30.3 Å². The van der Waals surface area contributed by atoms with Gasteiger partial charge in [0.2, 0.25) is 0 Å². The Hall–Kier alpha value is -1.99. The van der Waals surface area contributed by atoms with E-state index in [1.807, 2.05) is 0 Å². The molecule has 4 N–H and O–H groups in total. The van der Waals surface area contributed by atoms with Gasteiger partial charge in [-0.3, -0.25) is 0 Å². The smallest absolute Gasteiger partial charge is 0.340 e. The van der Waals surface area contributed by atoms with Crippen LogP contribution < -0.4 is 16.6 Å². The van der Waals surface area contributed by atoms with Crippen molar-refractivity contribution in [1.82, 2.24) is 4.98 Å². The first-order valence-electron chi connectivity index (χ1n) is 5.47. The Balaban J connectivity index is 2.31. The molecule has 20 heavy (non-hydrogen) atoms. The molecule has 0 aliphatic heterocycles. The minimum Gasteiger partial charge on any atom is -0.340 e. The number of hydrogen-bond acceptors (Lipinski definition) is 4. The van der Waals surface area contributed by atoms with E-state index in [0.717, 1.165) is 12.1 Å². The number of hydrogen-bond donors (Lipinski definition) is 3. The van der Waals surface area contributed by atoms with Crippen LogP contribution in [0.25, 0.3) is 0 Å². The van der Waals surface area contributed by atoms with Crippen molar-refractivity contribution in [3.63, 3.8) is 0 Å². The van der Waals surface area contributed by atoms with Gasteiger partial charge < -0.3 is 10.7 Å². The first kappa shape index (κ1) is 14.4. The van der Waals surface area contributed by atoms with Gasteiger partial charge in [-0.2, -0.15) is 13.2 Å². The molecule has 0 fully saturated rings. The van der Waals surface area contributed by atoms with Crippen LogP contribution in [-0.4, -0.2) is 4.98 Å². The molecule has 2 rings (SSSR count). The predicted octanol–water partition coefficient (Wildman–Crippen LogP) is 3.78. The van der Waals surface area contributed by atoms with Crippen molar-refractivity contribution in [3.05, 3.63) is 47.0 Å². The highest BCUT2D eigenvalue weighted by atomic mass is 35.5. The van der Waals surface area contributed by atoms with Crippen molar-refractivity contribution < 1.29 is 13.2 Å². The number of benzene rings is 1. The van der Waals surface area contributed by atoms with Gasteiger partial charge >= 0.3 is 6.18 Å². The summed E-state index contributed by atoms with van der Waals surface area (Å²) in [5.41, 5.74) is 1.70. The molecule has 0 atom stereocenters. The number of hydrazine groups is 1. The van der Waals surface area contributed by atoms with Crippen LogP contribution in [-0.2, 0) is 6.18 Å². The second-order valence-corrected chi connectivity index (χ2v) is 4.34. The van der Waals surface area contributed by atoms with Gasteiger partial charge in [-0.15, -0.1) is 0 Å². The Labute approximate surface area is 117 Å². The summed E-state index contributed by atoms with van der Waals surface area (Å²) in [6.07, 6.45) is -4.46. The maximum Gasteiger partial charge on any atom is 0.416 e.